The first kappa shape index (κ1) is 21.2. The molecule has 1 heterocycles. The lowest BCUT2D eigenvalue weighted by molar-refractivity contribution is 0.137. The van der Waals surface area contributed by atoms with Crippen molar-refractivity contribution in [2.75, 3.05) is 12.3 Å². The summed E-state index contributed by atoms with van der Waals surface area (Å²) in [4.78, 5) is 12.7. The molecule has 0 saturated carbocycles. The van der Waals surface area contributed by atoms with Gasteiger partial charge in [0.2, 0.25) is 10.0 Å². The molecule has 1 aliphatic heterocycles. The van der Waals surface area contributed by atoms with Gasteiger partial charge < -0.3 is 10.0 Å². The average Bonchev–Trinajstić information content (AvgIpc) is 3.05. The zero-order chi connectivity index (χ0) is 21.2. The van der Waals surface area contributed by atoms with Crippen molar-refractivity contribution in [2.45, 2.75) is 31.8 Å². The quantitative estimate of drug-likeness (QED) is 0.746. The molecule has 0 radical (unpaired) electrons. The molecule has 2 N–H and O–H groups in total. The monoisotopic (exact) mass is 424 g/mol. The zero-order valence-electron chi connectivity index (χ0n) is 15.8. The highest BCUT2D eigenvalue weighted by atomic mass is 32.2. The lowest BCUT2D eigenvalue weighted by Crippen LogP contribution is -2.48. The molecule has 0 aliphatic carbocycles. The molecule has 3 rings (SSSR count). The number of carbonyl (C=O) groups is 1. The fraction of sp³-hybridized carbons (Fsp3) is 0.350. The summed E-state index contributed by atoms with van der Waals surface area (Å²) in [6.45, 7) is 1.64. The number of sulfonamides is 1. The molecule has 1 fully saturated rings. The van der Waals surface area contributed by atoms with Crippen molar-refractivity contribution in [3.8, 4) is 11.1 Å². The molecule has 2 aromatic carbocycles. The number of carboxylic acid groups (broad SMARTS) is 1. The average molecular weight is 424 g/mol. The number of amides is 1. The van der Waals surface area contributed by atoms with Crippen LogP contribution in [0.3, 0.4) is 0 Å². The summed E-state index contributed by atoms with van der Waals surface area (Å²) in [7, 11) is -3.55. The van der Waals surface area contributed by atoms with E-state index in [9.17, 15) is 22.7 Å². The fourth-order valence-corrected chi connectivity index (χ4v) is 4.54. The summed E-state index contributed by atoms with van der Waals surface area (Å²) in [6.07, 6.45) is -0.880. The van der Waals surface area contributed by atoms with Crippen LogP contribution in [-0.4, -0.2) is 48.9 Å². The molecule has 6 nitrogen and oxygen atoms in total. The maximum absolute atomic E-state index is 15.2. The van der Waals surface area contributed by atoms with Gasteiger partial charge in [-0.1, -0.05) is 30.3 Å². The van der Waals surface area contributed by atoms with Crippen molar-refractivity contribution < 1.29 is 27.1 Å². The Balaban J connectivity index is 1.93. The van der Waals surface area contributed by atoms with Crippen molar-refractivity contribution in [3.05, 3.63) is 59.7 Å². The van der Waals surface area contributed by atoms with E-state index in [1.165, 1.54) is 37.3 Å². The van der Waals surface area contributed by atoms with Crippen LogP contribution in [0.15, 0.2) is 42.5 Å². The number of nitrogens with zero attached hydrogens (tertiary/aromatic N) is 1. The van der Waals surface area contributed by atoms with Crippen molar-refractivity contribution >= 4 is 16.1 Å². The van der Waals surface area contributed by atoms with Crippen LogP contribution < -0.4 is 4.72 Å². The van der Waals surface area contributed by atoms with E-state index in [2.05, 4.69) is 4.72 Å². The standard InChI is InChI=1S/C20H22F2N2O4S/c1-2-29(27,28)23-17-9-10-24(20(25)26)18(17)12-14-6-4-8-16(19(14)22)13-5-3-7-15(21)11-13/h3-8,11,17-18,23H,2,9-10,12H2,1H3,(H,25,26)/t17-,18-/m0/s1. The van der Waals surface area contributed by atoms with Gasteiger partial charge in [-0.05, 0) is 43.0 Å². The number of hydrogen-bond acceptors (Lipinski definition) is 3. The molecule has 0 bridgehead atoms. The molecule has 2 aromatic rings. The summed E-state index contributed by atoms with van der Waals surface area (Å²) in [5.41, 5.74) is 0.812. The third kappa shape index (κ3) is 4.73. The van der Waals surface area contributed by atoms with E-state index in [1.807, 2.05) is 0 Å². The summed E-state index contributed by atoms with van der Waals surface area (Å²) < 4.78 is 55.2. The fourth-order valence-electron chi connectivity index (χ4n) is 3.64. The Hall–Kier alpha value is -2.52. The predicted molar refractivity (Wildman–Crippen MR) is 105 cm³/mol. The van der Waals surface area contributed by atoms with Crippen LogP contribution in [-0.2, 0) is 16.4 Å². The number of nitrogens with one attached hydrogen (secondary N) is 1. The van der Waals surface area contributed by atoms with Crippen molar-refractivity contribution in [3.63, 3.8) is 0 Å². The second kappa shape index (κ2) is 8.46. The van der Waals surface area contributed by atoms with Crippen LogP contribution in [0.25, 0.3) is 11.1 Å². The first-order chi connectivity index (χ1) is 13.7. The molecular weight excluding hydrogens is 402 g/mol. The second-order valence-corrected chi connectivity index (χ2v) is 9.00. The van der Waals surface area contributed by atoms with Gasteiger partial charge in [-0.15, -0.1) is 0 Å². The number of rotatable bonds is 6. The van der Waals surface area contributed by atoms with Gasteiger partial charge in [0.05, 0.1) is 11.8 Å². The normalized spacial score (nSPS) is 19.5. The van der Waals surface area contributed by atoms with E-state index < -0.39 is 39.8 Å². The Morgan fingerprint density at radius 1 is 1.24 bits per heavy atom. The Morgan fingerprint density at radius 2 is 1.97 bits per heavy atom. The maximum atomic E-state index is 15.2. The van der Waals surface area contributed by atoms with Crippen molar-refractivity contribution in [2.24, 2.45) is 0 Å². The molecular formula is C20H22F2N2O4S. The van der Waals surface area contributed by atoms with Gasteiger partial charge in [-0.2, -0.15) is 0 Å². The van der Waals surface area contributed by atoms with Gasteiger partial charge in [0.1, 0.15) is 11.6 Å². The summed E-state index contributed by atoms with van der Waals surface area (Å²) in [6, 6.07) is 8.83. The summed E-state index contributed by atoms with van der Waals surface area (Å²) in [5.74, 6) is -1.20. The first-order valence-electron chi connectivity index (χ1n) is 9.24. The molecule has 1 saturated heterocycles. The van der Waals surface area contributed by atoms with E-state index in [4.69, 9.17) is 0 Å². The van der Waals surface area contributed by atoms with Gasteiger partial charge >= 0.3 is 6.09 Å². The van der Waals surface area contributed by atoms with Crippen LogP contribution in [0.1, 0.15) is 18.9 Å². The Kier molecular flexibility index (Phi) is 6.18. The lowest BCUT2D eigenvalue weighted by atomic mass is 9.96. The van der Waals surface area contributed by atoms with Gasteiger partial charge in [-0.25, -0.2) is 26.7 Å². The van der Waals surface area contributed by atoms with Gasteiger partial charge in [0, 0.05) is 18.2 Å². The molecule has 0 unspecified atom stereocenters. The summed E-state index contributed by atoms with van der Waals surface area (Å²) in [5, 5.41) is 9.48. The molecule has 29 heavy (non-hydrogen) atoms. The lowest BCUT2D eigenvalue weighted by Gasteiger charge is -2.27. The van der Waals surface area contributed by atoms with Gasteiger partial charge in [0.25, 0.3) is 0 Å². The highest BCUT2D eigenvalue weighted by Crippen LogP contribution is 2.29. The minimum atomic E-state index is -3.55. The Labute approximate surface area is 168 Å². The van der Waals surface area contributed by atoms with Crippen molar-refractivity contribution in [1.82, 2.24) is 9.62 Å². The molecule has 1 amide bonds. The van der Waals surface area contributed by atoms with Crippen LogP contribution in [0.5, 0.6) is 0 Å². The number of benzene rings is 2. The highest BCUT2D eigenvalue weighted by Gasteiger charge is 2.39. The molecule has 0 aromatic heterocycles. The van der Waals surface area contributed by atoms with E-state index in [1.54, 1.807) is 12.1 Å². The van der Waals surface area contributed by atoms with E-state index in [0.29, 0.717) is 12.0 Å². The Bertz CT molecular complexity index is 1010. The topological polar surface area (TPSA) is 86.7 Å². The second-order valence-electron chi connectivity index (χ2n) is 6.95. The minimum absolute atomic E-state index is 0.00180. The predicted octanol–water partition coefficient (Wildman–Crippen LogP) is 3.23. The molecule has 0 spiro atoms. The van der Waals surface area contributed by atoms with Crippen LogP contribution in [0.2, 0.25) is 0 Å². The Morgan fingerprint density at radius 3 is 2.62 bits per heavy atom. The number of halogens is 2. The largest absolute Gasteiger partial charge is 0.465 e. The number of likely N-dealkylation sites (tertiary alicyclic amines) is 1. The first-order valence-corrected chi connectivity index (χ1v) is 10.9. The van der Waals surface area contributed by atoms with E-state index in [-0.39, 0.29) is 29.8 Å². The van der Waals surface area contributed by atoms with E-state index >= 15 is 4.39 Å². The van der Waals surface area contributed by atoms with Gasteiger partial charge in [0.15, 0.2) is 0 Å². The van der Waals surface area contributed by atoms with Crippen molar-refractivity contribution in [1.29, 1.82) is 0 Å². The molecule has 9 heteroatoms. The highest BCUT2D eigenvalue weighted by molar-refractivity contribution is 7.89. The van der Waals surface area contributed by atoms with Gasteiger partial charge in [-0.3, -0.25) is 0 Å². The van der Waals surface area contributed by atoms with Crippen LogP contribution in [0, 0.1) is 11.6 Å². The summed E-state index contributed by atoms with van der Waals surface area (Å²) >= 11 is 0. The molecule has 156 valence electrons. The third-order valence-electron chi connectivity index (χ3n) is 5.15. The smallest absolute Gasteiger partial charge is 0.407 e. The molecule has 2 atom stereocenters. The third-order valence-corrected chi connectivity index (χ3v) is 6.57. The van der Waals surface area contributed by atoms with Crippen LogP contribution >= 0.6 is 0 Å². The van der Waals surface area contributed by atoms with Crippen LogP contribution in [0.4, 0.5) is 13.6 Å². The zero-order valence-corrected chi connectivity index (χ0v) is 16.6. The maximum Gasteiger partial charge on any atom is 0.407 e. The number of hydrogen-bond donors (Lipinski definition) is 2. The van der Waals surface area contributed by atoms with E-state index in [0.717, 1.165) is 4.90 Å². The SMILES string of the molecule is CCS(=O)(=O)N[C@H]1CCN(C(=O)O)[C@H]1Cc1cccc(-c2cccc(F)c2)c1F. The molecule has 1 aliphatic rings. The minimum Gasteiger partial charge on any atom is -0.465 e.